The lowest BCUT2D eigenvalue weighted by molar-refractivity contribution is 0.913. The molecule has 3 heterocycles. The van der Waals surface area contributed by atoms with Crippen LogP contribution in [0, 0.1) is 0 Å². The molecule has 8 heteroatoms. The standard InChI is InChI=1S/C8H4N8/c1-3-9-7-5(13-11-3)6-8(16-15-7)10-4(2)12-14-6/h1-2H2. The van der Waals surface area contributed by atoms with Gasteiger partial charge in [-0.05, 0) is 0 Å². The molecule has 0 unspecified atom stereocenters. The zero-order valence-corrected chi connectivity index (χ0v) is 7.99. The Kier molecular flexibility index (Phi) is 1.58. The van der Waals surface area contributed by atoms with Crippen LogP contribution in [-0.4, -0.2) is 40.6 Å². The van der Waals surface area contributed by atoms with Gasteiger partial charge in [-0.25, -0.2) is 9.97 Å². The molecule has 0 fully saturated rings. The van der Waals surface area contributed by atoms with Crippen LogP contribution in [0.15, 0.2) is 0 Å². The first-order valence-corrected chi connectivity index (χ1v) is 4.29. The highest BCUT2D eigenvalue weighted by atomic mass is 15.3. The largest absolute Gasteiger partial charge is 0.206 e. The molecule has 3 rings (SSSR count). The van der Waals surface area contributed by atoms with E-state index in [1.807, 2.05) is 0 Å². The minimum absolute atomic E-state index is 0.274. The van der Waals surface area contributed by atoms with Crippen molar-refractivity contribution in [3.8, 4) is 0 Å². The average Bonchev–Trinajstić information content (AvgIpc) is 2.28. The number of aromatic nitrogens is 8. The SMILES string of the molecule is C=c1nnc2c(nnc3nc(=C)nnc32)n1. The van der Waals surface area contributed by atoms with E-state index in [1.54, 1.807) is 0 Å². The highest BCUT2D eigenvalue weighted by Gasteiger charge is 2.08. The number of hydrogen-bond donors (Lipinski definition) is 0. The minimum atomic E-state index is 0.274. The van der Waals surface area contributed by atoms with Crippen LogP contribution in [0.3, 0.4) is 0 Å². The Hall–Kier alpha value is -2.64. The summed E-state index contributed by atoms with van der Waals surface area (Å²) in [7, 11) is 0. The highest BCUT2D eigenvalue weighted by molar-refractivity contribution is 5.93. The lowest BCUT2D eigenvalue weighted by Crippen LogP contribution is -2.16. The second-order valence-corrected chi connectivity index (χ2v) is 3.00. The molecule has 3 aromatic heterocycles. The summed E-state index contributed by atoms with van der Waals surface area (Å²) < 4.78 is 0. The van der Waals surface area contributed by atoms with Crippen molar-refractivity contribution in [2.75, 3.05) is 0 Å². The molecule has 0 aliphatic heterocycles. The Bertz CT molecular complexity index is 729. The van der Waals surface area contributed by atoms with Crippen molar-refractivity contribution < 1.29 is 0 Å². The van der Waals surface area contributed by atoms with Crippen molar-refractivity contribution in [1.82, 2.24) is 40.6 Å². The summed E-state index contributed by atoms with van der Waals surface area (Å²) in [4.78, 5) is 7.96. The summed E-state index contributed by atoms with van der Waals surface area (Å²) in [6, 6.07) is 0. The van der Waals surface area contributed by atoms with Gasteiger partial charge in [-0.3, -0.25) is 0 Å². The molecule has 3 aromatic rings. The zero-order chi connectivity index (χ0) is 11.1. The summed E-state index contributed by atoms with van der Waals surface area (Å²) in [6.07, 6.45) is 0. The van der Waals surface area contributed by atoms with Crippen LogP contribution in [0.2, 0.25) is 0 Å². The van der Waals surface area contributed by atoms with E-state index in [4.69, 9.17) is 0 Å². The maximum atomic E-state index is 3.98. The van der Waals surface area contributed by atoms with Crippen LogP contribution in [0.5, 0.6) is 0 Å². The number of rotatable bonds is 0. The van der Waals surface area contributed by atoms with E-state index in [9.17, 15) is 0 Å². The molecule has 16 heavy (non-hydrogen) atoms. The van der Waals surface area contributed by atoms with Crippen molar-refractivity contribution >= 4 is 35.5 Å². The molecule has 0 saturated heterocycles. The first kappa shape index (κ1) is 8.65. The Balaban J connectivity index is 2.59. The lowest BCUT2D eigenvalue weighted by atomic mass is 10.4. The van der Waals surface area contributed by atoms with Crippen LogP contribution >= 0.6 is 0 Å². The van der Waals surface area contributed by atoms with Gasteiger partial charge in [-0.1, -0.05) is 13.2 Å². The van der Waals surface area contributed by atoms with Gasteiger partial charge in [-0.15, -0.1) is 30.6 Å². The van der Waals surface area contributed by atoms with Gasteiger partial charge in [0.05, 0.1) is 0 Å². The van der Waals surface area contributed by atoms with E-state index in [1.165, 1.54) is 0 Å². The average molecular weight is 212 g/mol. The minimum Gasteiger partial charge on any atom is -0.204 e. The second kappa shape index (κ2) is 2.92. The van der Waals surface area contributed by atoms with Crippen molar-refractivity contribution in [3.05, 3.63) is 11.0 Å². The van der Waals surface area contributed by atoms with Crippen LogP contribution in [0.25, 0.3) is 35.5 Å². The van der Waals surface area contributed by atoms with Gasteiger partial charge < -0.3 is 0 Å². The first-order chi connectivity index (χ1) is 7.74. The Labute approximate surface area is 87.8 Å². The number of nitrogens with zero attached hydrogens (tertiary/aromatic N) is 8. The second-order valence-electron chi connectivity index (χ2n) is 3.00. The van der Waals surface area contributed by atoms with Crippen molar-refractivity contribution in [2.45, 2.75) is 0 Å². The lowest BCUT2D eigenvalue weighted by Gasteiger charge is -1.96. The first-order valence-electron chi connectivity index (χ1n) is 4.29. The van der Waals surface area contributed by atoms with Gasteiger partial charge >= 0.3 is 0 Å². The van der Waals surface area contributed by atoms with Gasteiger partial charge in [0.2, 0.25) is 11.3 Å². The van der Waals surface area contributed by atoms with Gasteiger partial charge in [0.15, 0.2) is 22.0 Å². The Morgan fingerprint density at radius 1 is 0.562 bits per heavy atom. The molecule has 0 N–H and O–H groups in total. The third kappa shape index (κ3) is 1.16. The van der Waals surface area contributed by atoms with Crippen LogP contribution in [0.4, 0.5) is 0 Å². The third-order valence-electron chi connectivity index (χ3n) is 1.89. The normalized spacial score (nSPS) is 11.0. The summed E-state index contributed by atoms with van der Waals surface area (Å²) in [6.45, 7) is 7.10. The molecule has 0 amide bonds. The molecule has 0 aliphatic rings. The van der Waals surface area contributed by atoms with E-state index < -0.39 is 0 Å². The molecule has 0 aliphatic carbocycles. The van der Waals surface area contributed by atoms with E-state index in [-0.39, 0.29) is 11.0 Å². The molecule has 0 aromatic carbocycles. The topological polar surface area (TPSA) is 103 Å². The van der Waals surface area contributed by atoms with E-state index >= 15 is 0 Å². The zero-order valence-electron chi connectivity index (χ0n) is 7.99. The Morgan fingerprint density at radius 2 is 1.00 bits per heavy atom. The molecule has 0 saturated carbocycles. The molecule has 0 spiro atoms. The van der Waals surface area contributed by atoms with E-state index in [0.717, 1.165) is 0 Å². The smallest absolute Gasteiger partial charge is 0.204 e. The van der Waals surface area contributed by atoms with Crippen LogP contribution < -0.4 is 11.0 Å². The van der Waals surface area contributed by atoms with Gasteiger partial charge in [0.25, 0.3) is 0 Å². The molecular formula is C8H4N8. The summed E-state index contributed by atoms with van der Waals surface area (Å²) in [5.41, 5.74) is 1.99. The maximum absolute atomic E-state index is 3.98. The maximum Gasteiger partial charge on any atom is 0.206 e. The fourth-order valence-electron chi connectivity index (χ4n) is 1.24. The highest BCUT2D eigenvalue weighted by Crippen LogP contribution is 2.09. The fraction of sp³-hybridized carbons (Fsp3) is 0. The van der Waals surface area contributed by atoms with Gasteiger partial charge in [0.1, 0.15) is 0 Å². The quantitative estimate of drug-likeness (QED) is 0.393. The van der Waals surface area contributed by atoms with Crippen molar-refractivity contribution in [1.29, 1.82) is 0 Å². The molecule has 0 atom stereocenters. The third-order valence-corrected chi connectivity index (χ3v) is 1.89. The Morgan fingerprint density at radius 3 is 1.44 bits per heavy atom. The van der Waals surface area contributed by atoms with Gasteiger partial charge in [-0.2, -0.15) is 0 Å². The van der Waals surface area contributed by atoms with Crippen molar-refractivity contribution in [3.63, 3.8) is 0 Å². The number of fused-ring (bicyclic) bond motifs is 3. The fourth-order valence-corrected chi connectivity index (χ4v) is 1.24. The summed E-state index contributed by atoms with van der Waals surface area (Å²) >= 11 is 0. The predicted octanol–water partition coefficient (Wildman–Crippen LogP) is -2.03. The number of hydrogen-bond acceptors (Lipinski definition) is 8. The summed E-state index contributed by atoms with van der Waals surface area (Å²) in [5, 5.41) is 23.0. The molecule has 0 bridgehead atoms. The summed E-state index contributed by atoms with van der Waals surface area (Å²) in [5.74, 6) is 0. The monoisotopic (exact) mass is 212 g/mol. The van der Waals surface area contributed by atoms with Crippen LogP contribution in [0.1, 0.15) is 0 Å². The molecule has 0 radical (unpaired) electrons. The van der Waals surface area contributed by atoms with Crippen LogP contribution in [-0.2, 0) is 0 Å². The van der Waals surface area contributed by atoms with Gasteiger partial charge in [0, 0.05) is 0 Å². The van der Waals surface area contributed by atoms with E-state index in [2.05, 4.69) is 53.7 Å². The molecular weight excluding hydrogens is 208 g/mol. The van der Waals surface area contributed by atoms with E-state index in [0.29, 0.717) is 22.3 Å². The predicted molar refractivity (Wildman–Crippen MR) is 54.1 cm³/mol. The molecule has 8 nitrogen and oxygen atoms in total. The molecule has 76 valence electrons. The van der Waals surface area contributed by atoms with Crippen molar-refractivity contribution in [2.24, 2.45) is 0 Å².